The average Bonchev–Trinajstić information content (AvgIpc) is 3.02. The zero-order valence-electron chi connectivity index (χ0n) is 10.5. The van der Waals surface area contributed by atoms with Crippen LogP contribution in [0.15, 0.2) is 15.9 Å². The van der Waals surface area contributed by atoms with Crippen LogP contribution in [0.25, 0.3) is 0 Å². The maximum atomic E-state index is 6.22. The molecule has 0 radical (unpaired) electrons. The monoisotopic (exact) mass is 316 g/mol. The maximum absolute atomic E-state index is 6.22. The van der Waals surface area contributed by atoms with Crippen molar-refractivity contribution >= 4 is 27.3 Å². The summed E-state index contributed by atoms with van der Waals surface area (Å²) in [6.07, 6.45) is 3.89. The van der Waals surface area contributed by atoms with Crippen LogP contribution in [0.5, 0.6) is 0 Å². The summed E-state index contributed by atoms with van der Waals surface area (Å²) in [7, 11) is 0. The van der Waals surface area contributed by atoms with Crippen LogP contribution in [-0.2, 0) is 0 Å². The second-order valence-corrected chi connectivity index (χ2v) is 7.41. The highest BCUT2D eigenvalue weighted by molar-refractivity contribution is 9.11. The first-order valence-electron chi connectivity index (χ1n) is 6.40. The summed E-state index contributed by atoms with van der Waals surface area (Å²) < 4.78 is 1.20. The number of halogens is 1. The lowest BCUT2D eigenvalue weighted by Gasteiger charge is -2.33. The van der Waals surface area contributed by atoms with Gasteiger partial charge < -0.3 is 5.73 Å². The van der Waals surface area contributed by atoms with Crippen molar-refractivity contribution in [3.8, 4) is 0 Å². The van der Waals surface area contributed by atoms with E-state index < -0.39 is 0 Å². The highest BCUT2D eigenvalue weighted by Gasteiger charge is 2.36. The highest BCUT2D eigenvalue weighted by Crippen LogP contribution is 2.39. The van der Waals surface area contributed by atoms with Crippen LogP contribution in [0.3, 0.4) is 0 Å². The molecule has 0 aliphatic heterocycles. The fourth-order valence-electron chi connectivity index (χ4n) is 2.42. The van der Waals surface area contributed by atoms with Gasteiger partial charge in [-0.05, 0) is 60.8 Å². The summed E-state index contributed by atoms with van der Waals surface area (Å²) in [5.74, 6) is 0. The Morgan fingerprint density at radius 1 is 1.53 bits per heavy atom. The van der Waals surface area contributed by atoms with E-state index in [1.807, 2.05) is 11.3 Å². The standard InChI is InChI=1S/C13H21BrN2S/c1-3-8-16(10-4-5-10)13(9(2)15)11-6-7-12(14)17-11/h6-7,9-10,13H,3-5,8,15H2,1-2H3. The van der Waals surface area contributed by atoms with E-state index >= 15 is 0 Å². The second kappa shape index (κ2) is 5.83. The molecule has 2 rings (SSSR count). The Balaban J connectivity index is 2.20. The maximum Gasteiger partial charge on any atom is 0.0702 e. The SMILES string of the molecule is CCCN(C1CC1)C(c1ccc(Br)s1)C(C)N. The van der Waals surface area contributed by atoms with E-state index in [4.69, 9.17) is 5.73 Å². The molecule has 1 aliphatic carbocycles. The van der Waals surface area contributed by atoms with Crippen LogP contribution in [-0.4, -0.2) is 23.5 Å². The third-order valence-electron chi connectivity index (χ3n) is 3.24. The highest BCUT2D eigenvalue weighted by atomic mass is 79.9. The zero-order chi connectivity index (χ0) is 12.4. The predicted octanol–water partition coefficient (Wildman–Crippen LogP) is 3.77. The molecule has 0 bridgehead atoms. The molecule has 1 heterocycles. The summed E-state index contributed by atoms with van der Waals surface area (Å²) in [5, 5.41) is 0. The molecule has 0 aromatic carbocycles. The van der Waals surface area contributed by atoms with Gasteiger partial charge in [-0.15, -0.1) is 11.3 Å². The fraction of sp³-hybridized carbons (Fsp3) is 0.692. The second-order valence-electron chi connectivity index (χ2n) is 4.91. The minimum absolute atomic E-state index is 0.188. The Morgan fingerprint density at radius 3 is 2.65 bits per heavy atom. The van der Waals surface area contributed by atoms with Crippen molar-refractivity contribution < 1.29 is 0 Å². The molecule has 2 nitrogen and oxygen atoms in total. The Kier molecular flexibility index (Phi) is 4.64. The van der Waals surface area contributed by atoms with E-state index in [0.717, 1.165) is 12.6 Å². The number of hydrogen-bond acceptors (Lipinski definition) is 3. The van der Waals surface area contributed by atoms with Crippen molar-refractivity contribution in [1.82, 2.24) is 4.90 Å². The van der Waals surface area contributed by atoms with Crippen LogP contribution in [0.4, 0.5) is 0 Å². The van der Waals surface area contributed by atoms with Gasteiger partial charge in [0.15, 0.2) is 0 Å². The van der Waals surface area contributed by atoms with E-state index in [1.165, 1.54) is 27.9 Å². The summed E-state index contributed by atoms with van der Waals surface area (Å²) in [5.41, 5.74) is 6.22. The van der Waals surface area contributed by atoms with Crippen LogP contribution >= 0.6 is 27.3 Å². The fourth-order valence-corrected chi connectivity index (χ4v) is 4.09. The Bertz CT molecular complexity index is 360. The molecule has 0 amide bonds. The lowest BCUT2D eigenvalue weighted by Crippen LogP contribution is -2.40. The van der Waals surface area contributed by atoms with Gasteiger partial charge in [-0.25, -0.2) is 0 Å². The predicted molar refractivity (Wildman–Crippen MR) is 78.4 cm³/mol. The summed E-state index contributed by atoms with van der Waals surface area (Å²) in [6.45, 7) is 5.54. The number of rotatable bonds is 6. The Hall–Kier alpha value is 0.1000. The third kappa shape index (κ3) is 3.31. The molecule has 1 fully saturated rings. The van der Waals surface area contributed by atoms with Gasteiger partial charge >= 0.3 is 0 Å². The van der Waals surface area contributed by atoms with Crippen LogP contribution in [0.2, 0.25) is 0 Å². The number of thiophene rings is 1. The van der Waals surface area contributed by atoms with Gasteiger partial charge in [-0.3, -0.25) is 4.90 Å². The van der Waals surface area contributed by atoms with Gasteiger partial charge in [-0.2, -0.15) is 0 Å². The van der Waals surface area contributed by atoms with Gasteiger partial charge in [0.2, 0.25) is 0 Å². The number of nitrogens with two attached hydrogens (primary N) is 1. The Morgan fingerprint density at radius 2 is 2.24 bits per heavy atom. The molecular formula is C13H21BrN2S. The van der Waals surface area contributed by atoms with Crippen molar-refractivity contribution in [2.75, 3.05) is 6.54 Å². The van der Waals surface area contributed by atoms with E-state index in [2.05, 4.69) is 46.8 Å². The summed E-state index contributed by atoms with van der Waals surface area (Å²) in [6, 6.07) is 5.69. The molecule has 96 valence electrons. The topological polar surface area (TPSA) is 29.3 Å². The Labute approximate surface area is 116 Å². The van der Waals surface area contributed by atoms with Gasteiger partial charge in [-0.1, -0.05) is 6.92 Å². The first-order chi connectivity index (χ1) is 8.13. The molecule has 17 heavy (non-hydrogen) atoms. The quantitative estimate of drug-likeness (QED) is 0.865. The molecule has 1 saturated carbocycles. The number of nitrogens with zero attached hydrogens (tertiary/aromatic N) is 1. The lowest BCUT2D eigenvalue weighted by molar-refractivity contribution is 0.169. The lowest BCUT2D eigenvalue weighted by atomic mass is 10.1. The zero-order valence-corrected chi connectivity index (χ0v) is 12.9. The van der Waals surface area contributed by atoms with Gasteiger partial charge in [0.25, 0.3) is 0 Å². The molecule has 0 spiro atoms. The van der Waals surface area contributed by atoms with Crippen molar-refractivity contribution in [3.63, 3.8) is 0 Å². The van der Waals surface area contributed by atoms with Gasteiger partial charge in [0, 0.05) is 17.0 Å². The van der Waals surface area contributed by atoms with Crippen molar-refractivity contribution in [1.29, 1.82) is 0 Å². The minimum atomic E-state index is 0.188. The molecule has 2 unspecified atom stereocenters. The molecule has 2 N–H and O–H groups in total. The van der Waals surface area contributed by atoms with Crippen LogP contribution in [0.1, 0.15) is 44.0 Å². The van der Waals surface area contributed by atoms with Gasteiger partial charge in [0.1, 0.15) is 0 Å². The summed E-state index contributed by atoms with van der Waals surface area (Å²) in [4.78, 5) is 4.01. The normalized spacial score (nSPS) is 19.6. The molecule has 1 aromatic heterocycles. The van der Waals surface area contributed by atoms with Crippen molar-refractivity contribution in [2.24, 2.45) is 5.73 Å². The van der Waals surface area contributed by atoms with Gasteiger partial charge in [0.05, 0.1) is 9.83 Å². The van der Waals surface area contributed by atoms with E-state index in [0.29, 0.717) is 6.04 Å². The van der Waals surface area contributed by atoms with Crippen LogP contribution < -0.4 is 5.73 Å². The van der Waals surface area contributed by atoms with E-state index in [-0.39, 0.29) is 6.04 Å². The third-order valence-corrected chi connectivity index (χ3v) is 4.93. The smallest absolute Gasteiger partial charge is 0.0702 e. The molecular weight excluding hydrogens is 296 g/mol. The first kappa shape index (κ1) is 13.5. The largest absolute Gasteiger partial charge is 0.326 e. The first-order valence-corrected chi connectivity index (χ1v) is 8.01. The molecule has 2 atom stereocenters. The van der Waals surface area contributed by atoms with E-state index in [9.17, 15) is 0 Å². The molecule has 4 heteroatoms. The van der Waals surface area contributed by atoms with Crippen LogP contribution in [0, 0.1) is 0 Å². The summed E-state index contributed by atoms with van der Waals surface area (Å²) >= 11 is 5.37. The molecule has 1 aliphatic rings. The van der Waals surface area contributed by atoms with Crippen molar-refractivity contribution in [3.05, 3.63) is 20.8 Å². The van der Waals surface area contributed by atoms with Crippen molar-refractivity contribution in [2.45, 2.75) is 51.2 Å². The van der Waals surface area contributed by atoms with E-state index in [1.54, 1.807) is 0 Å². The average molecular weight is 317 g/mol. The molecule has 1 aromatic rings. The molecule has 0 saturated heterocycles. The minimum Gasteiger partial charge on any atom is -0.326 e. The number of hydrogen-bond donors (Lipinski definition) is 1.